The van der Waals surface area contributed by atoms with Crippen molar-refractivity contribution in [3.05, 3.63) is 12.2 Å². The molecule has 3 rings (SSSR count). The highest BCUT2D eigenvalue weighted by atomic mass is 35.5. The van der Waals surface area contributed by atoms with Crippen molar-refractivity contribution in [3.8, 4) is 0 Å². The van der Waals surface area contributed by atoms with Crippen LogP contribution in [0.2, 0.25) is 0 Å². The van der Waals surface area contributed by atoms with Gasteiger partial charge in [0.2, 0.25) is 0 Å². The van der Waals surface area contributed by atoms with E-state index in [9.17, 15) is 4.79 Å². The summed E-state index contributed by atoms with van der Waals surface area (Å²) < 4.78 is -0.701. The van der Waals surface area contributed by atoms with Crippen molar-refractivity contribution < 1.29 is 4.79 Å². The number of halogens is 2. The monoisotopic (exact) mass is 258 g/mol. The molecular weight excluding hydrogens is 243 g/mol. The first-order valence-corrected chi connectivity index (χ1v) is 6.91. The molecule has 0 radical (unpaired) electrons. The summed E-state index contributed by atoms with van der Waals surface area (Å²) >= 11 is 13.1. The van der Waals surface area contributed by atoms with E-state index in [0.717, 1.165) is 19.3 Å². The molecule has 2 atom stereocenters. The Kier molecular flexibility index (Phi) is 2.26. The highest BCUT2D eigenvalue weighted by Gasteiger charge is 2.84. The van der Waals surface area contributed by atoms with Crippen LogP contribution < -0.4 is 0 Å². The summed E-state index contributed by atoms with van der Waals surface area (Å²) in [5.74, 6) is 0.194. The Bertz CT molecular complexity index is 374. The predicted molar refractivity (Wildman–Crippen MR) is 65.8 cm³/mol. The Morgan fingerprint density at radius 2 is 1.75 bits per heavy atom. The Morgan fingerprint density at radius 1 is 1.06 bits per heavy atom. The van der Waals surface area contributed by atoms with Gasteiger partial charge in [0.25, 0.3) is 0 Å². The van der Waals surface area contributed by atoms with Gasteiger partial charge in [-0.15, -0.1) is 0 Å². The van der Waals surface area contributed by atoms with Crippen LogP contribution in [0.15, 0.2) is 12.2 Å². The lowest BCUT2D eigenvalue weighted by molar-refractivity contribution is -0.116. The van der Waals surface area contributed by atoms with E-state index in [1.165, 1.54) is 19.3 Å². The topological polar surface area (TPSA) is 17.1 Å². The number of carbonyl (C=O) groups is 1. The van der Waals surface area contributed by atoms with Gasteiger partial charge < -0.3 is 0 Å². The molecule has 2 fully saturated rings. The average Bonchev–Trinajstić information content (AvgIpc) is 2.59. The van der Waals surface area contributed by atoms with Crippen molar-refractivity contribution in [1.29, 1.82) is 0 Å². The first kappa shape index (κ1) is 11.1. The summed E-state index contributed by atoms with van der Waals surface area (Å²) in [7, 11) is 0. The van der Waals surface area contributed by atoms with Gasteiger partial charge in [-0.25, -0.2) is 0 Å². The van der Waals surface area contributed by atoms with Crippen LogP contribution in [0.3, 0.4) is 0 Å². The van der Waals surface area contributed by atoms with Crippen LogP contribution in [0, 0.1) is 10.8 Å². The molecule has 3 aliphatic rings. The number of carbonyl (C=O) groups excluding carboxylic acids is 1. The molecule has 16 heavy (non-hydrogen) atoms. The largest absolute Gasteiger partial charge is 0.295 e. The quantitative estimate of drug-likeness (QED) is 0.600. The van der Waals surface area contributed by atoms with Crippen LogP contribution in [0.4, 0.5) is 0 Å². The van der Waals surface area contributed by atoms with Gasteiger partial charge in [-0.2, -0.15) is 0 Å². The van der Waals surface area contributed by atoms with Gasteiger partial charge in [-0.3, -0.25) is 4.79 Å². The number of ketones is 1. The molecule has 3 aliphatic carbocycles. The van der Waals surface area contributed by atoms with Crippen LogP contribution in [-0.2, 0) is 4.79 Å². The van der Waals surface area contributed by atoms with Gasteiger partial charge in [0.15, 0.2) is 5.78 Å². The number of alkyl halides is 2. The van der Waals surface area contributed by atoms with Gasteiger partial charge in [-0.05, 0) is 18.9 Å². The normalized spacial score (nSPS) is 45.2. The lowest BCUT2D eigenvalue weighted by Gasteiger charge is -2.26. The predicted octanol–water partition coefficient (Wildman–Crippen LogP) is 4.03. The minimum Gasteiger partial charge on any atom is -0.295 e. The number of allylic oxidation sites excluding steroid dienone is 2. The summed E-state index contributed by atoms with van der Waals surface area (Å²) in [6, 6.07) is 0. The molecule has 0 heterocycles. The van der Waals surface area contributed by atoms with Gasteiger partial charge in [0.05, 0.1) is 0 Å². The smallest absolute Gasteiger partial charge is 0.156 e. The standard InChI is InChI=1S/C13H16Cl2O/c14-13(15)11-6-3-1-2-4-7-12(11,13)9-10(16)5-8-11/h5,8H,1-4,6-7,9H2/t11-,12+/m1/s1. The second-order valence-corrected chi connectivity index (χ2v) is 6.85. The van der Waals surface area contributed by atoms with E-state index in [4.69, 9.17) is 23.2 Å². The molecule has 0 N–H and O–H groups in total. The molecule has 0 aromatic heterocycles. The first-order chi connectivity index (χ1) is 7.56. The summed E-state index contributed by atoms with van der Waals surface area (Å²) in [4.78, 5) is 11.6. The zero-order valence-corrected chi connectivity index (χ0v) is 10.8. The third-order valence-corrected chi connectivity index (χ3v) is 6.31. The highest BCUT2D eigenvalue weighted by molar-refractivity contribution is 6.53. The van der Waals surface area contributed by atoms with Crippen molar-refractivity contribution in [2.75, 3.05) is 0 Å². The highest BCUT2D eigenvalue weighted by Crippen LogP contribution is 2.84. The van der Waals surface area contributed by atoms with Crippen molar-refractivity contribution in [3.63, 3.8) is 0 Å². The molecule has 0 amide bonds. The molecule has 3 heteroatoms. The zero-order valence-electron chi connectivity index (χ0n) is 9.27. The third kappa shape index (κ3) is 1.07. The summed E-state index contributed by atoms with van der Waals surface area (Å²) in [5.41, 5.74) is -0.243. The van der Waals surface area contributed by atoms with E-state index in [0.29, 0.717) is 6.42 Å². The third-order valence-electron chi connectivity index (χ3n) is 4.91. The maximum atomic E-state index is 11.6. The van der Waals surface area contributed by atoms with E-state index in [2.05, 4.69) is 0 Å². The van der Waals surface area contributed by atoms with Crippen molar-refractivity contribution in [2.45, 2.75) is 49.3 Å². The van der Waals surface area contributed by atoms with Crippen LogP contribution >= 0.6 is 23.2 Å². The maximum absolute atomic E-state index is 11.6. The van der Waals surface area contributed by atoms with Crippen LogP contribution in [0.1, 0.15) is 44.9 Å². The molecule has 1 nitrogen and oxygen atoms in total. The Hall–Kier alpha value is -0.0100. The number of hydrogen-bond donors (Lipinski definition) is 0. The lowest BCUT2D eigenvalue weighted by Crippen LogP contribution is -2.22. The molecule has 0 aliphatic heterocycles. The molecule has 0 aromatic rings. The molecule has 0 aromatic carbocycles. The Morgan fingerprint density at radius 3 is 2.50 bits per heavy atom. The SMILES string of the molecule is O=C1C=C[C@]23CCCCCC[C@@]2(C1)C3(Cl)Cl. The Labute approximate surface area is 106 Å². The molecule has 0 saturated heterocycles. The van der Waals surface area contributed by atoms with E-state index < -0.39 is 4.33 Å². The van der Waals surface area contributed by atoms with Crippen LogP contribution in [0.5, 0.6) is 0 Å². The van der Waals surface area contributed by atoms with Crippen molar-refractivity contribution >= 4 is 29.0 Å². The molecule has 0 unspecified atom stereocenters. The Balaban J connectivity index is 2.04. The minimum atomic E-state index is -0.701. The van der Waals surface area contributed by atoms with Crippen molar-refractivity contribution in [2.24, 2.45) is 10.8 Å². The van der Waals surface area contributed by atoms with Crippen LogP contribution in [0.25, 0.3) is 0 Å². The van der Waals surface area contributed by atoms with Crippen molar-refractivity contribution in [1.82, 2.24) is 0 Å². The van der Waals surface area contributed by atoms with Gasteiger partial charge in [0, 0.05) is 17.3 Å². The number of rotatable bonds is 0. The minimum absolute atomic E-state index is 0.0998. The fourth-order valence-electron chi connectivity index (χ4n) is 3.95. The van der Waals surface area contributed by atoms with E-state index in [1.54, 1.807) is 6.08 Å². The fraction of sp³-hybridized carbons (Fsp3) is 0.769. The lowest BCUT2D eigenvalue weighted by atomic mass is 9.76. The molecule has 0 spiro atoms. The maximum Gasteiger partial charge on any atom is 0.156 e. The van der Waals surface area contributed by atoms with Gasteiger partial charge >= 0.3 is 0 Å². The molecule has 88 valence electrons. The van der Waals surface area contributed by atoms with Gasteiger partial charge in [0.1, 0.15) is 4.33 Å². The van der Waals surface area contributed by atoms with E-state index in [1.807, 2.05) is 6.08 Å². The number of hydrogen-bond acceptors (Lipinski definition) is 1. The average molecular weight is 259 g/mol. The molecule has 0 bridgehead atoms. The second kappa shape index (κ2) is 3.26. The fourth-order valence-corrected chi connectivity index (χ4v) is 5.20. The molecule has 2 saturated carbocycles. The molecular formula is C13H16Cl2O. The second-order valence-electron chi connectivity index (χ2n) is 5.52. The van der Waals surface area contributed by atoms with Crippen LogP contribution in [-0.4, -0.2) is 10.1 Å². The van der Waals surface area contributed by atoms with Gasteiger partial charge in [-0.1, -0.05) is 55.0 Å². The zero-order chi connectivity index (χ0) is 11.4. The summed E-state index contributed by atoms with van der Waals surface area (Å²) in [6.45, 7) is 0. The van der Waals surface area contributed by atoms with E-state index in [-0.39, 0.29) is 16.6 Å². The summed E-state index contributed by atoms with van der Waals surface area (Å²) in [6.07, 6.45) is 11.2. The summed E-state index contributed by atoms with van der Waals surface area (Å²) in [5, 5.41) is 0. The first-order valence-electron chi connectivity index (χ1n) is 6.16. The van der Waals surface area contributed by atoms with E-state index >= 15 is 0 Å².